The van der Waals surface area contributed by atoms with Crippen molar-refractivity contribution in [3.05, 3.63) is 41.3 Å². The lowest BCUT2D eigenvalue weighted by atomic mass is 10.2. The van der Waals surface area contributed by atoms with Gasteiger partial charge in [0.05, 0.1) is 24.8 Å². The molecule has 1 aromatic carbocycles. The molecule has 2 rings (SSSR count). The zero-order chi connectivity index (χ0) is 13.5. The summed E-state index contributed by atoms with van der Waals surface area (Å²) in [5.74, 6) is 0. The molecule has 0 fully saturated rings. The molecule has 0 spiro atoms. The van der Waals surface area contributed by atoms with E-state index in [1.807, 2.05) is 24.7 Å². The van der Waals surface area contributed by atoms with Crippen LogP contribution in [0.25, 0.3) is 11.3 Å². The molecule has 1 heterocycles. The minimum atomic E-state index is 0.740. The largest absolute Gasteiger partial charge is 0.383 e. The van der Waals surface area contributed by atoms with Gasteiger partial charge >= 0.3 is 0 Å². The second-order valence-corrected chi connectivity index (χ2v) is 5.14. The van der Waals surface area contributed by atoms with E-state index in [0.717, 1.165) is 36.4 Å². The van der Waals surface area contributed by atoms with Crippen molar-refractivity contribution in [3.8, 4) is 11.3 Å². The first-order valence-corrected chi connectivity index (χ1v) is 7.06. The highest BCUT2D eigenvalue weighted by molar-refractivity contribution is 9.10. The van der Waals surface area contributed by atoms with E-state index in [1.54, 1.807) is 7.11 Å². The molecular formula is C14H18BrN3O. The van der Waals surface area contributed by atoms with Crippen molar-refractivity contribution in [2.45, 2.75) is 6.54 Å². The maximum Gasteiger partial charge on any atom is 0.0951 e. The Morgan fingerprint density at radius 3 is 2.79 bits per heavy atom. The molecule has 4 nitrogen and oxygen atoms in total. The molecule has 0 unspecified atom stereocenters. The standard InChI is InChI=1S/C14H18BrN3O/c1-19-9-7-16-6-8-18-11-17-10-14(18)12-2-4-13(15)5-3-12/h2-5,10-11,16H,6-9H2,1H3. The number of ether oxygens (including phenoxy) is 1. The van der Waals surface area contributed by atoms with Crippen LogP contribution >= 0.6 is 15.9 Å². The first-order chi connectivity index (χ1) is 9.31. The highest BCUT2D eigenvalue weighted by atomic mass is 79.9. The van der Waals surface area contributed by atoms with Gasteiger partial charge in [-0.2, -0.15) is 0 Å². The van der Waals surface area contributed by atoms with Crippen molar-refractivity contribution >= 4 is 15.9 Å². The van der Waals surface area contributed by atoms with E-state index in [1.165, 1.54) is 5.56 Å². The summed E-state index contributed by atoms with van der Waals surface area (Å²) >= 11 is 3.45. The van der Waals surface area contributed by atoms with Gasteiger partial charge in [-0.25, -0.2) is 4.98 Å². The van der Waals surface area contributed by atoms with Crippen LogP contribution in [0, 0.1) is 0 Å². The smallest absolute Gasteiger partial charge is 0.0951 e. The number of methoxy groups -OCH3 is 1. The van der Waals surface area contributed by atoms with Crippen LogP contribution in [0.5, 0.6) is 0 Å². The van der Waals surface area contributed by atoms with Crippen molar-refractivity contribution in [1.29, 1.82) is 0 Å². The van der Waals surface area contributed by atoms with E-state index in [2.05, 4.69) is 42.9 Å². The summed E-state index contributed by atoms with van der Waals surface area (Å²) in [5, 5.41) is 3.33. The Bertz CT molecular complexity index is 496. The highest BCUT2D eigenvalue weighted by Crippen LogP contribution is 2.21. The van der Waals surface area contributed by atoms with Gasteiger partial charge in [0.2, 0.25) is 0 Å². The molecule has 0 amide bonds. The number of hydrogen-bond donors (Lipinski definition) is 1. The second kappa shape index (κ2) is 7.43. The van der Waals surface area contributed by atoms with Gasteiger partial charge in [-0.1, -0.05) is 28.1 Å². The summed E-state index contributed by atoms with van der Waals surface area (Å²) in [5.41, 5.74) is 2.32. The van der Waals surface area contributed by atoms with Gasteiger partial charge in [0.15, 0.2) is 0 Å². The van der Waals surface area contributed by atoms with Gasteiger partial charge in [-0.15, -0.1) is 0 Å². The van der Waals surface area contributed by atoms with Crippen LogP contribution in [0.15, 0.2) is 41.3 Å². The van der Waals surface area contributed by atoms with E-state index in [9.17, 15) is 0 Å². The van der Waals surface area contributed by atoms with E-state index in [-0.39, 0.29) is 0 Å². The fourth-order valence-corrected chi connectivity index (χ4v) is 2.12. The van der Waals surface area contributed by atoms with Crippen LogP contribution in [0.4, 0.5) is 0 Å². The van der Waals surface area contributed by atoms with E-state index in [4.69, 9.17) is 4.74 Å². The lowest BCUT2D eigenvalue weighted by Crippen LogP contribution is -2.23. The van der Waals surface area contributed by atoms with Crippen molar-refractivity contribution < 1.29 is 4.74 Å². The van der Waals surface area contributed by atoms with Crippen molar-refractivity contribution in [1.82, 2.24) is 14.9 Å². The van der Waals surface area contributed by atoms with Crippen LogP contribution in [0.2, 0.25) is 0 Å². The number of aromatic nitrogens is 2. The Hall–Kier alpha value is -1.17. The number of rotatable bonds is 7. The molecule has 19 heavy (non-hydrogen) atoms. The Morgan fingerprint density at radius 1 is 1.26 bits per heavy atom. The predicted octanol–water partition coefficient (Wildman–Crippen LogP) is 2.55. The van der Waals surface area contributed by atoms with Crippen molar-refractivity contribution in [3.63, 3.8) is 0 Å². The molecule has 0 saturated heterocycles. The third kappa shape index (κ3) is 4.16. The maximum absolute atomic E-state index is 5.00. The lowest BCUT2D eigenvalue weighted by Gasteiger charge is -2.09. The maximum atomic E-state index is 5.00. The minimum Gasteiger partial charge on any atom is -0.383 e. The Morgan fingerprint density at radius 2 is 2.05 bits per heavy atom. The zero-order valence-corrected chi connectivity index (χ0v) is 12.6. The monoisotopic (exact) mass is 323 g/mol. The van der Waals surface area contributed by atoms with Gasteiger partial charge in [-0.3, -0.25) is 0 Å². The molecule has 0 radical (unpaired) electrons. The molecule has 102 valence electrons. The van der Waals surface area contributed by atoms with Crippen LogP contribution in [0.3, 0.4) is 0 Å². The Balaban J connectivity index is 1.96. The first-order valence-electron chi connectivity index (χ1n) is 6.27. The van der Waals surface area contributed by atoms with Gasteiger partial charge in [-0.05, 0) is 17.7 Å². The van der Waals surface area contributed by atoms with Crippen molar-refractivity contribution in [2.24, 2.45) is 0 Å². The normalized spacial score (nSPS) is 10.8. The summed E-state index contributed by atoms with van der Waals surface area (Å²) in [7, 11) is 1.71. The molecule has 2 aromatic rings. The molecule has 1 N–H and O–H groups in total. The van der Waals surface area contributed by atoms with Gasteiger partial charge < -0.3 is 14.6 Å². The highest BCUT2D eigenvalue weighted by Gasteiger charge is 2.04. The summed E-state index contributed by atoms with van der Waals surface area (Å²) in [4.78, 5) is 4.23. The number of imidazole rings is 1. The molecule has 5 heteroatoms. The molecule has 0 saturated carbocycles. The number of nitrogens with zero attached hydrogens (tertiary/aromatic N) is 2. The molecule has 1 aromatic heterocycles. The molecular weight excluding hydrogens is 306 g/mol. The summed E-state index contributed by atoms with van der Waals surface area (Å²) in [6, 6.07) is 8.28. The topological polar surface area (TPSA) is 39.1 Å². The number of halogens is 1. The third-order valence-corrected chi connectivity index (χ3v) is 3.39. The lowest BCUT2D eigenvalue weighted by molar-refractivity contribution is 0.199. The predicted molar refractivity (Wildman–Crippen MR) is 80.1 cm³/mol. The van der Waals surface area contributed by atoms with Gasteiger partial charge in [0.1, 0.15) is 0 Å². The van der Waals surface area contributed by atoms with Crippen LogP contribution < -0.4 is 5.32 Å². The number of benzene rings is 1. The average molecular weight is 324 g/mol. The van der Waals surface area contributed by atoms with Crippen LogP contribution in [0.1, 0.15) is 0 Å². The quantitative estimate of drug-likeness (QED) is 0.796. The van der Waals surface area contributed by atoms with E-state index in [0.29, 0.717) is 0 Å². The van der Waals surface area contributed by atoms with Gasteiger partial charge in [0, 0.05) is 31.2 Å². The average Bonchev–Trinajstić information content (AvgIpc) is 2.88. The summed E-state index contributed by atoms with van der Waals surface area (Å²) < 4.78 is 8.24. The van der Waals surface area contributed by atoms with Crippen LogP contribution in [-0.4, -0.2) is 36.4 Å². The number of nitrogens with one attached hydrogen (secondary N) is 1. The third-order valence-electron chi connectivity index (χ3n) is 2.86. The Labute approximate surface area is 121 Å². The minimum absolute atomic E-state index is 0.740. The fourth-order valence-electron chi connectivity index (χ4n) is 1.86. The van der Waals surface area contributed by atoms with Crippen molar-refractivity contribution in [2.75, 3.05) is 26.8 Å². The number of hydrogen-bond acceptors (Lipinski definition) is 3. The zero-order valence-electron chi connectivity index (χ0n) is 11.0. The summed E-state index contributed by atoms with van der Waals surface area (Å²) in [6.07, 6.45) is 3.77. The Kier molecular flexibility index (Phi) is 5.57. The van der Waals surface area contributed by atoms with E-state index >= 15 is 0 Å². The molecule has 0 bridgehead atoms. The van der Waals surface area contributed by atoms with Gasteiger partial charge in [0.25, 0.3) is 0 Å². The first kappa shape index (κ1) is 14.2. The second-order valence-electron chi connectivity index (χ2n) is 4.22. The fraction of sp³-hybridized carbons (Fsp3) is 0.357. The molecule has 0 aliphatic heterocycles. The SMILES string of the molecule is COCCNCCn1cncc1-c1ccc(Br)cc1. The molecule has 0 aliphatic carbocycles. The molecule has 0 atom stereocenters. The van der Waals surface area contributed by atoms with Crippen LogP contribution in [-0.2, 0) is 11.3 Å². The van der Waals surface area contributed by atoms with E-state index < -0.39 is 0 Å². The molecule has 0 aliphatic rings. The summed E-state index contributed by atoms with van der Waals surface area (Å²) in [6.45, 7) is 3.42.